The molecular weight excluding hydrogens is 322 g/mol. The molecule has 0 saturated carbocycles. The molecule has 6 nitrogen and oxygen atoms in total. The number of esters is 1. The molecule has 2 aromatic rings. The van der Waals surface area contributed by atoms with Crippen LogP contribution in [0, 0.1) is 0 Å². The minimum Gasteiger partial charge on any atom is -0.485 e. The minimum atomic E-state index is -0.433. The van der Waals surface area contributed by atoms with Crippen molar-refractivity contribution in [1.29, 1.82) is 0 Å². The number of carbonyl (C=O) groups excluding carboxylic acids is 3. The van der Waals surface area contributed by atoms with Crippen molar-refractivity contribution in [3.63, 3.8) is 0 Å². The zero-order valence-corrected chi connectivity index (χ0v) is 14.1. The van der Waals surface area contributed by atoms with Crippen molar-refractivity contribution >= 4 is 23.3 Å². The fourth-order valence-corrected chi connectivity index (χ4v) is 2.03. The van der Waals surface area contributed by atoms with E-state index in [1.54, 1.807) is 55.5 Å². The molecule has 2 rings (SSSR count). The van der Waals surface area contributed by atoms with Gasteiger partial charge in [-0.15, -0.1) is 0 Å². The SMILES string of the molecule is CCC(=O)Nc1ccc(C(=O)COc2ccc(C(=O)OC)cc2)cc1. The number of hydrogen-bond acceptors (Lipinski definition) is 5. The third-order valence-corrected chi connectivity index (χ3v) is 3.46. The molecule has 0 atom stereocenters. The Morgan fingerprint density at radius 3 is 2.08 bits per heavy atom. The fraction of sp³-hybridized carbons (Fsp3) is 0.211. The molecule has 1 amide bonds. The first-order chi connectivity index (χ1) is 12.0. The maximum Gasteiger partial charge on any atom is 0.337 e. The molecular formula is C19H19NO5. The summed E-state index contributed by atoms with van der Waals surface area (Å²) in [6.45, 7) is 1.64. The molecule has 2 aromatic carbocycles. The first-order valence-electron chi connectivity index (χ1n) is 7.77. The molecule has 0 spiro atoms. The van der Waals surface area contributed by atoms with Gasteiger partial charge in [0.2, 0.25) is 5.91 Å². The summed E-state index contributed by atoms with van der Waals surface area (Å²) in [7, 11) is 1.31. The summed E-state index contributed by atoms with van der Waals surface area (Å²) in [6, 6.07) is 13.0. The lowest BCUT2D eigenvalue weighted by Crippen LogP contribution is -2.12. The van der Waals surface area contributed by atoms with Gasteiger partial charge in [-0.1, -0.05) is 6.92 Å². The van der Waals surface area contributed by atoms with Crippen LogP contribution in [0.3, 0.4) is 0 Å². The number of Topliss-reactive ketones (excluding diaryl/α,β-unsaturated/α-hetero) is 1. The van der Waals surface area contributed by atoms with E-state index >= 15 is 0 Å². The maximum atomic E-state index is 12.1. The zero-order valence-electron chi connectivity index (χ0n) is 14.1. The smallest absolute Gasteiger partial charge is 0.337 e. The van der Waals surface area contributed by atoms with Crippen molar-refractivity contribution in [3.05, 3.63) is 59.7 Å². The summed E-state index contributed by atoms with van der Waals surface area (Å²) in [5.74, 6) is -0.228. The van der Waals surface area contributed by atoms with E-state index in [-0.39, 0.29) is 18.3 Å². The summed E-state index contributed by atoms with van der Waals surface area (Å²) in [6.07, 6.45) is 0.392. The lowest BCUT2D eigenvalue weighted by atomic mass is 10.1. The Hall–Kier alpha value is -3.15. The van der Waals surface area contributed by atoms with Gasteiger partial charge in [0.05, 0.1) is 12.7 Å². The number of anilines is 1. The molecule has 6 heteroatoms. The van der Waals surface area contributed by atoms with Gasteiger partial charge in [-0.25, -0.2) is 4.79 Å². The number of ketones is 1. The molecule has 0 saturated heterocycles. The summed E-state index contributed by atoms with van der Waals surface area (Å²) >= 11 is 0. The Balaban J connectivity index is 1.91. The number of hydrogen-bond donors (Lipinski definition) is 1. The van der Waals surface area contributed by atoms with Crippen LogP contribution in [0.25, 0.3) is 0 Å². The molecule has 0 bridgehead atoms. The first kappa shape index (κ1) is 18.2. The van der Waals surface area contributed by atoms with Gasteiger partial charge in [0.15, 0.2) is 12.4 Å². The Morgan fingerprint density at radius 2 is 1.52 bits per heavy atom. The van der Waals surface area contributed by atoms with Gasteiger partial charge in [-0.2, -0.15) is 0 Å². The molecule has 25 heavy (non-hydrogen) atoms. The van der Waals surface area contributed by atoms with E-state index in [0.29, 0.717) is 29.0 Å². The minimum absolute atomic E-state index is 0.0854. The molecule has 1 N–H and O–H groups in total. The standard InChI is InChI=1S/C19H19NO5/c1-3-18(22)20-15-8-4-13(5-9-15)17(21)12-25-16-10-6-14(7-11-16)19(23)24-2/h4-11H,3,12H2,1-2H3,(H,20,22). The van der Waals surface area contributed by atoms with E-state index in [1.807, 2.05) is 0 Å². The van der Waals surface area contributed by atoms with E-state index in [9.17, 15) is 14.4 Å². The molecule has 0 heterocycles. The predicted octanol–water partition coefficient (Wildman–Crippen LogP) is 3.08. The van der Waals surface area contributed by atoms with E-state index < -0.39 is 5.97 Å². The van der Waals surface area contributed by atoms with E-state index in [4.69, 9.17) is 4.74 Å². The highest BCUT2D eigenvalue weighted by Crippen LogP contribution is 2.14. The average Bonchev–Trinajstić information content (AvgIpc) is 2.66. The second-order valence-electron chi connectivity index (χ2n) is 5.21. The molecule has 0 aliphatic carbocycles. The van der Waals surface area contributed by atoms with Gasteiger partial charge >= 0.3 is 5.97 Å². The van der Waals surface area contributed by atoms with Crippen molar-refractivity contribution in [2.24, 2.45) is 0 Å². The molecule has 0 aliphatic rings. The third kappa shape index (κ3) is 5.17. The topological polar surface area (TPSA) is 81.7 Å². The fourth-order valence-electron chi connectivity index (χ4n) is 2.03. The van der Waals surface area contributed by atoms with Crippen LogP contribution in [0.5, 0.6) is 5.75 Å². The zero-order chi connectivity index (χ0) is 18.2. The van der Waals surface area contributed by atoms with Gasteiger partial charge in [-0.05, 0) is 48.5 Å². The van der Waals surface area contributed by atoms with Crippen molar-refractivity contribution in [2.75, 3.05) is 19.0 Å². The van der Waals surface area contributed by atoms with Gasteiger partial charge < -0.3 is 14.8 Å². The molecule has 0 aromatic heterocycles. The number of rotatable bonds is 7. The van der Waals surface area contributed by atoms with Crippen molar-refractivity contribution in [2.45, 2.75) is 13.3 Å². The first-order valence-corrected chi connectivity index (χ1v) is 7.77. The highest BCUT2D eigenvalue weighted by molar-refractivity contribution is 5.98. The molecule has 0 unspecified atom stereocenters. The van der Waals surface area contributed by atoms with Crippen molar-refractivity contribution in [3.8, 4) is 5.75 Å². The summed E-state index contributed by atoms with van der Waals surface area (Å²) in [5.41, 5.74) is 1.54. The van der Waals surface area contributed by atoms with Crippen LogP contribution in [-0.2, 0) is 9.53 Å². The van der Waals surface area contributed by atoms with Crippen LogP contribution in [0.2, 0.25) is 0 Å². The van der Waals surface area contributed by atoms with E-state index in [0.717, 1.165) is 0 Å². The number of methoxy groups -OCH3 is 1. The lowest BCUT2D eigenvalue weighted by molar-refractivity contribution is -0.115. The predicted molar refractivity (Wildman–Crippen MR) is 93.0 cm³/mol. The number of benzene rings is 2. The third-order valence-electron chi connectivity index (χ3n) is 3.46. The maximum absolute atomic E-state index is 12.1. The van der Waals surface area contributed by atoms with Gasteiger partial charge in [0.1, 0.15) is 5.75 Å². The van der Waals surface area contributed by atoms with Crippen LogP contribution in [0.1, 0.15) is 34.1 Å². The monoisotopic (exact) mass is 341 g/mol. The van der Waals surface area contributed by atoms with Crippen LogP contribution in [-0.4, -0.2) is 31.4 Å². The highest BCUT2D eigenvalue weighted by atomic mass is 16.5. The Bertz CT molecular complexity index is 750. The Morgan fingerprint density at radius 1 is 0.920 bits per heavy atom. The van der Waals surface area contributed by atoms with Crippen LogP contribution in [0.4, 0.5) is 5.69 Å². The second-order valence-corrected chi connectivity index (χ2v) is 5.21. The lowest BCUT2D eigenvalue weighted by Gasteiger charge is -2.07. The van der Waals surface area contributed by atoms with Crippen LogP contribution in [0.15, 0.2) is 48.5 Å². The quantitative estimate of drug-likeness (QED) is 0.618. The number of nitrogens with one attached hydrogen (secondary N) is 1. The molecule has 0 radical (unpaired) electrons. The van der Waals surface area contributed by atoms with Crippen molar-refractivity contribution in [1.82, 2.24) is 0 Å². The number of ether oxygens (including phenoxy) is 2. The summed E-state index contributed by atoms with van der Waals surface area (Å²) < 4.78 is 10.0. The molecule has 130 valence electrons. The van der Waals surface area contributed by atoms with Crippen LogP contribution < -0.4 is 10.1 Å². The van der Waals surface area contributed by atoms with E-state index in [2.05, 4.69) is 10.1 Å². The van der Waals surface area contributed by atoms with Gasteiger partial charge in [-0.3, -0.25) is 9.59 Å². The molecule has 0 fully saturated rings. The number of amides is 1. The molecule has 0 aliphatic heterocycles. The summed E-state index contributed by atoms with van der Waals surface area (Å²) in [4.78, 5) is 34.8. The largest absolute Gasteiger partial charge is 0.485 e. The van der Waals surface area contributed by atoms with Gasteiger partial charge in [0, 0.05) is 17.7 Å². The van der Waals surface area contributed by atoms with Gasteiger partial charge in [0.25, 0.3) is 0 Å². The Kier molecular flexibility index (Phi) is 6.28. The summed E-state index contributed by atoms with van der Waals surface area (Å²) in [5, 5.41) is 2.72. The average molecular weight is 341 g/mol. The van der Waals surface area contributed by atoms with Crippen LogP contribution >= 0.6 is 0 Å². The Labute approximate surface area is 145 Å². The highest BCUT2D eigenvalue weighted by Gasteiger charge is 2.09. The van der Waals surface area contributed by atoms with E-state index in [1.165, 1.54) is 7.11 Å². The van der Waals surface area contributed by atoms with Crippen molar-refractivity contribution < 1.29 is 23.9 Å². The second kappa shape index (κ2) is 8.63. The number of carbonyl (C=O) groups is 3. The normalized spacial score (nSPS) is 10.0.